The molecule has 1 N–H and O–H groups in total. The lowest BCUT2D eigenvalue weighted by Gasteiger charge is -2.12. The number of thiophene rings is 1. The van der Waals surface area contributed by atoms with E-state index in [1.807, 2.05) is 28.0 Å². The van der Waals surface area contributed by atoms with Crippen LogP contribution in [0.25, 0.3) is 27.4 Å². The Morgan fingerprint density at radius 1 is 1.26 bits per heavy atom. The Bertz CT molecular complexity index is 1090. The van der Waals surface area contributed by atoms with Gasteiger partial charge in [0.25, 0.3) is 0 Å². The molecule has 0 spiro atoms. The molecule has 0 amide bonds. The van der Waals surface area contributed by atoms with E-state index >= 15 is 0 Å². The Morgan fingerprint density at radius 2 is 2.15 bits per heavy atom. The summed E-state index contributed by atoms with van der Waals surface area (Å²) in [5.74, 6) is 2.01. The zero-order chi connectivity index (χ0) is 18.4. The third kappa shape index (κ3) is 2.89. The highest BCUT2D eigenvalue weighted by molar-refractivity contribution is 7.19. The topological polar surface area (TPSA) is 71.5 Å². The van der Waals surface area contributed by atoms with Crippen molar-refractivity contribution >= 4 is 33.1 Å². The molecule has 4 aromatic heterocycles. The van der Waals surface area contributed by atoms with Crippen molar-refractivity contribution in [2.75, 3.05) is 32.5 Å². The first-order valence-electron chi connectivity index (χ1n) is 9.34. The molecule has 0 saturated carbocycles. The van der Waals surface area contributed by atoms with Crippen LogP contribution in [0.4, 0.5) is 5.95 Å². The van der Waals surface area contributed by atoms with Crippen molar-refractivity contribution in [1.82, 2.24) is 24.5 Å². The van der Waals surface area contributed by atoms with Crippen molar-refractivity contribution in [2.24, 2.45) is 0 Å². The SMILES string of the molecule is CN(C)CCNc1nc2sc3c(c2c2nc(-c4ccco4)nn12)CCCC3. The number of rotatable bonds is 5. The average molecular weight is 382 g/mol. The zero-order valence-electron chi connectivity index (χ0n) is 15.5. The fraction of sp³-hybridized carbons (Fsp3) is 0.421. The number of anilines is 1. The Kier molecular flexibility index (Phi) is 4.09. The van der Waals surface area contributed by atoms with E-state index in [1.165, 1.54) is 23.3 Å². The molecule has 0 bridgehead atoms. The lowest BCUT2D eigenvalue weighted by molar-refractivity contribution is 0.424. The Hall–Kier alpha value is -2.45. The van der Waals surface area contributed by atoms with Gasteiger partial charge in [0.15, 0.2) is 11.4 Å². The van der Waals surface area contributed by atoms with Gasteiger partial charge in [-0.2, -0.15) is 4.52 Å². The maximum Gasteiger partial charge on any atom is 0.227 e. The summed E-state index contributed by atoms with van der Waals surface area (Å²) in [6, 6.07) is 3.75. The second-order valence-corrected chi connectivity index (χ2v) is 8.29. The Balaban J connectivity index is 1.70. The van der Waals surface area contributed by atoms with Crippen molar-refractivity contribution < 1.29 is 4.42 Å². The quantitative estimate of drug-likeness (QED) is 0.570. The van der Waals surface area contributed by atoms with Gasteiger partial charge >= 0.3 is 0 Å². The normalized spacial score (nSPS) is 14.3. The molecule has 0 saturated heterocycles. The summed E-state index contributed by atoms with van der Waals surface area (Å²) in [5.41, 5.74) is 2.29. The molecular formula is C19H22N6OS. The molecule has 0 unspecified atom stereocenters. The minimum Gasteiger partial charge on any atom is -0.461 e. The van der Waals surface area contributed by atoms with E-state index < -0.39 is 0 Å². The molecular weight excluding hydrogens is 360 g/mol. The smallest absolute Gasteiger partial charge is 0.227 e. The highest BCUT2D eigenvalue weighted by Gasteiger charge is 2.23. The first kappa shape index (κ1) is 16.7. The first-order chi connectivity index (χ1) is 13.2. The molecule has 5 rings (SSSR count). The molecule has 4 aromatic rings. The van der Waals surface area contributed by atoms with Gasteiger partial charge in [0, 0.05) is 18.0 Å². The van der Waals surface area contributed by atoms with Crippen LogP contribution in [0.2, 0.25) is 0 Å². The summed E-state index contributed by atoms with van der Waals surface area (Å²) < 4.78 is 7.37. The number of fused-ring (bicyclic) bond motifs is 5. The van der Waals surface area contributed by atoms with Crippen LogP contribution in [0, 0.1) is 0 Å². The summed E-state index contributed by atoms with van der Waals surface area (Å²) in [5, 5.41) is 9.31. The molecule has 140 valence electrons. The second kappa shape index (κ2) is 6.61. The maximum absolute atomic E-state index is 5.52. The number of furan rings is 1. The van der Waals surface area contributed by atoms with Crippen molar-refractivity contribution in [3.05, 3.63) is 28.8 Å². The lowest BCUT2D eigenvalue weighted by Crippen LogP contribution is -2.22. The molecule has 0 fully saturated rings. The van der Waals surface area contributed by atoms with Crippen LogP contribution < -0.4 is 5.32 Å². The number of nitrogens with one attached hydrogen (secondary N) is 1. The van der Waals surface area contributed by atoms with Crippen LogP contribution >= 0.6 is 11.3 Å². The van der Waals surface area contributed by atoms with E-state index in [1.54, 1.807) is 6.26 Å². The number of likely N-dealkylation sites (N-methyl/N-ethyl adjacent to an activating group) is 1. The van der Waals surface area contributed by atoms with Gasteiger partial charge in [0.1, 0.15) is 4.83 Å². The van der Waals surface area contributed by atoms with Crippen molar-refractivity contribution in [3.63, 3.8) is 0 Å². The Morgan fingerprint density at radius 3 is 2.96 bits per heavy atom. The molecule has 8 heteroatoms. The van der Waals surface area contributed by atoms with Crippen molar-refractivity contribution in [1.29, 1.82) is 0 Å². The van der Waals surface area contributed by atoms with E-state index in [9.17, 15) is 0 Å². The van der Waals surface area contributed by atoms with Gasteiger partial charge < -0.3 is 14.6 Å². The van der Waals surface area contributed by atoms with E-state index in [-0.39, 0.29) is 0 Å². The molecule has 0 radical (unpaired) electrons. The third-order valence-electron chi connectivity index (χ3n) is 4.98. The first-order valence-corrected chi connectivity index (χ1v) is 10.2. The molecule has 0 atom stereocenters. The van der Waals surface area contributed by atoms with Crippen LogP contribution in [0.1, 0.15) is 23.3 Å². The second-order valence-electron chi connectivity index (χ2n) is 7.20. The molecule has 7 nitrogen and oxygen atoms in total. The standard InChI is InChI=1S/C19H22N6OS/c1-24(2)10-9-20-19-22-18-15(12-6-3-4-8-14(12)27-18)17-21-16(23-25(17)19)13-7-5-11-26-13/h5,7,11H,3-4,6,8-10H2,1-2H3,(H,20,22). The van der Waals surface area contributed by atoms with E-state index in [0.717, 1.165) is 47.7 Å². The maximum atomic E-state index is 5.52. The number of hydrogen-bond donors (Lipinski definition) is 1. The number of aryl methyl sites for hydroxylation is 2. The van der Waals surface area contributed by atoms with Crippen molar-refractivity contribution in [3.8, 4) is 11.6 Å². The monoisotopic (exact) mass is 382 g/mol. The van der Waals surface area contributed by atoms with Crippen LogP contribution in [0.5, 0.6) is 0 Å². The van der Waals surface area contributed by atoms with Gasteiger partial charge in [-0.3, -0.25) is 0 Å². The average Bonchev–Trinajstić information content (AvgIpc) is 3.38. The number of hydrogen-bond acceptors (Lipinski definition) is 7. The van der Waals surface area contributed by atoms with Gasteiger partial charge in [-0.15, -0.1) is 16.4 Å². The minimum atomic E-state index is 0.598. The fourth-order valence-electron chi connectivity index (χ4n) is 3.64. The van der Waals surface area contributed by atoms with Crippen LogP contribution in [0.3, 0.4) is 0 Å². The summed E-state index contributed by atoms with van der Waals surface area (Å²) in [4.78, 5) is 14.4. The predicted octanol–water partition coefficient (Wildman–Crippen LogP) is 3.45. The van der Waals surface area contributed by atoms with Gasteiger partial charge in [-0.05, 0) is 57.5 Å². The summed E-state index contributed by atoms with van der Waals surface area (Å²) in [7, 11) is 4.12. The van der Waals surface area contributed by atoms with Gasteiger partial charge in [0.2, 0.25) is 11.8 Å². The van der Waals surface area contributed by atoms with Crippen LogP contribution in [-0.4, -0.2) is 51.7 Å². The minimum absolute atomic E-state index is 0.598. The van der Waals surface area contributed by atoms with E-state index in [0.29, 0.717) is 11.6 Å². The van der Waals surface area contributed by atoms with Gasteiger partial charge in [-0.1, -0.05) is 0 Å². The lowest BCUT2D eigenvalue weighted by atomic mass is 9.97. The molecule has 0 aromatic carbocycles. The predicted molar refractivity (Wildman–Crippen MR) is 108 cm³/mol. The van der Waals surface area contributed by atoms with E-state index in [4.69, 9.17) is 19.5 Å². The molecule has 27 heavy (non-hydrogen) atoms. The fourth-order valence-corrected chi connectivity index (χ4v) is 4.90. The summed E-state index contributed by atoms with van der Waals surface area (Å²) in [6.07, 6.45) is 6.38. The molecule has 1 aliphatic carbocycles. The molecule has 0 aliphatic heterocycles. The summed E-state index contributed by atoms with van der Waals surface area (Å²) in [6.45, 7) is 1.71. The van der Waals surface area contributed by atoms with Gasteiger partial charge in [0.05, 0.1) is 11.6 Å². The van der Waals surface area contributed by atoms with Crippen LogP contribution in [0.15, 0.2) is 22.8 Å². The highest BCUT2D eigenvalue weighted by Crippen LogP contribution is 2.38. The van der Waals surface area contributed by atoms with Crippen molar-refractivity contribution in [2.45, 2.75) is 25.7 Å². The highest BCUT2D eigenvalue weighted by atomic mass is 32.1. The number of aromatic nitrogens is 4. The molecule has 4 heterocycles. The largest absolute Gasteiger partial charge is 0.461 e. The van der Waals surface area contributed by atoms with E-state index in [2.05, 4.69) is 24.3 Å². The molecule has 1 aliphatic rings. The zero-order valence-corrected chi connectivity index (χ0v) is 16.3. The Labute approximate surface area is 161 Å². The third-order valence-corrected chi connectivity index (χ3v) is 6.16. The van der Waals surface area contributed by atoms with Gasteiger partial charge in [-0.25, -0.2) is 9.97 Å². The number of nitrogens with zero attached hydrogens (tertiary/aromatic N) is 5. The summed E-state index contributed by atoms with van der Waals surface area (Å²) >= 11 is 1.81. The van der Waals surface area contributed by atoms with Crippen LogP contribution in [-0.2, 0) is 12.8 Å².